The van der Waals surface area contributed by atoms with Gasteiger partial charge in [0.05, 0.1) is 6.10 Å². The summed E-state index contributed by atoms with van der Waals surface area (Å²) >= 11 is 5.96. The van der Waals surface area contributed by atoms with E-state index in [2.05, 4.69) is 5.32 Å². The molecule has 4 rings (SSSR count). The van der Waals surface area contributed by atoms with E-state index in [-0.39, 0.29) is 76.7 Å². The van der Waals surface area contributed by atoms with Gasteiger partial charge in [-0.3, -0.25) is 0 Å². The number of carboxylic acids is 2. The van der Waals surface area contributed by atoms with Crippen molar-refractivity contribution in [3.05, 3.63) is 58.1 Å². The molecule has 0 bridgehead atoms. The minimum absolute atomic E-state index is 0. The smallest absolute Gasteiger partial charge is 0.542 e. The fourth-order valence-corrected chi connectivity index (χ4v) is 3.99. The van der Waals surface area contributed by atoms with E-state index in [1.807, 2.05) is 0 Å². The van der Waals surface area contributed by atoms with Crippen molar-refractivity contribution in [1.29, 1.82) is 0 Å². The second-order valence-corrected chi connectivity index (χ2v) is 7.82. The molecule has 0 spiro atoms. The van der Waals surface area contributed by atoms with Crippen molar-refractivity contribution in [1.82, 2.24) is 5.32 Å². The Morgan fingerprint density at radius 3 is 2.34 bits per heavy atom. The summed E-state index contributed by atoms with van der Waals surface area (Å²) in [5, 5.41) is 36.8. The predicted molar refractivity (Wildman–Crippen MR) is 101 cm³/mol. The normalized spacial score (nSPS) is 18.5. The van der Waals surface area contributed by atoms with E-state index in [9.17, 15) is 24.9 Å². The van der Waals surface area contributed by atoms with Gasteiger partial charge in [-0.25, -0.2) is 0 Å². The van der Waals surface area contributed by atoms with Gasteiger partial charge in [0.1, 0.15) is 11.9 Å². The number of hydrogen-bond donors (Lipinski definition) is 2. The number of carbonyl (C=O) groups is 2. The van der Waals surface area contributed by atoms with Gasteiger partial charge >= 0.3 is 64.9 Å². The van der Waals surface area contributed by atoms with Crippen molar-refractivity contribution < 1.29 is 93.5 Å². The molecule has 0 saturated heterocycles. The number of fused-ring (bicyclic) bond motifs is 2. The van der Waals surface area contributed by atoms with E-state index in [0.29, 0.717) is 24.4 Å². The topological polar surface area (TPSA) is 131 Å². The molecule has 2 atom stereocenters. The molecule has 0 radical (unpaired) electrons. The molecule has 0 aromatic heterocycles. The summed E-state index contributed by atoms with van der Waals surface area (Å²) in [6.45, 7) is 0.337. The maximum atomic E-state index is 11.3. The number of aliphatic carboxylic acids is 2. The van der Waals surface area contributed by atoms with Gasteiger partial charge in [-0.1, -0.05) is 23.7 Å². The Morgan fingerprint density at radius 1 is 1.12 bits per heavy atom. The van der Waals surface area contributed by atoms with Gasteiger partial charge in [0.15, 0.2) is 11.5 Å². The number of ether oxygens (including phenoxy) is 2. The predicted octanol–water partition coefficient (Wildman–Crippen LogP) is -6.50. The van der Waals surface area contributed by atoms with Crippen LogP contribution in [0.1, 0.15) is 29.2 Å². The number of carboxylic acid groups (broad SMARTS) is 2. The fourth-order valence-electron chi connectivity index (χ4n) is 3.79. The van der Waals surface area contributed by atoms with Crippen molar-refractivity contribution >= 4 is 23.5 Å². The summed E-state index contributed by atoms with van der Waals surface area (Å²) in [6, 6.07) is 10.3. The third-order valence-corrected chi connectivity index (χ3v) is 5.61. The molecule has 2 N–H and O–H groups in total. The molecule has 0 saturated carbocycles. The zero-order valence-electron chi connectivity index (χ0n) is 17.7. The Bertz CT molecular complexity index is 1010. The first-order valence-electron chi connectivity index (χ1n) is 9.42. The van der Waals surface area contributed by atoms with E-state index >= 15 is 0 Å². The van der Waals surface area contributed by atoms with Crippen molar-refractivity contribution in [3.8, 4) is 11.5 Å². The number of aliphatic hydroxyl groups is 1. The average molecular weight is 478 g/mol. The Labute approximate surface area is 233 Å². The van der Waals surface area contributed by atoms with Gasteiger partial charge in [-0.2, -0.15) is 0 Å². The van der Waals surface area contributed by atoms with Crippen LogP contribution in [0.2, 0.25) is 5.02 Å². The van der Waals surface area contributed by atoms with Crippen molar-refractivity contribution in [2.45, 2.75) is 37.2 Å². The molecule has 1 aliphatic heterocycles. The van der Waals surface area contributed by atoms with E-state index in [1.165, 1.54) is 0 Å². The number of rotatable bonds is 6. The third kappa shape index (κ3) is 5.46. The van der Waals surface area contributed by atoms with Gasteiger partial charge in [-0.05, 0) is 60.2 Å². The van der Waals surface area contributed by atoms with Crippen LogP contribution in [0.25, 0.3) is 0 Å². The second kappa shape index (κ2) is 11.1. The first-order chi connectivity index (χ1) is 14.3. The SMILES string of the molecule is O=C([O-])C1(C(=O)[O-])Oc2cc3c(cc2O1)C[C@H](NC[C@H](O)c1cccc(Cl)c1)CC3.[Na+].[Na+]. The fraction of sp³-hybridized carbons (Fsp3) is 0.333. The van der Waals surface area contributed by atoms with E-state index in [0.717, 1.165) is 23.1 Å². The van der Waals surface area contributed by atoms with Gasteiger partial charge in [-0.15, -0.1) is 0 Å². The van der Waals surface area contributed by atoms with Crippen LogP contribution >= 0.6 is 11.6 Å². The zero-order chi connectivity index (χ0) is 21.5. The molecule has 2 aromatic carbocycles. The summed E-state index contributed by atoms with van der Waals surface area (Å²) < 4.78 is 10.1. The number of aryl methyl sites for hydroxylation is 1. The Hall–Kier alpha value is -0.810. The first-order valence-corrected chi connectivity index (χ1v) is 9.80. The molecule has 1 aliphatic carbocycles. The molecule has 158 valence electrons. The van der Waals surface area contributed by atoms with Crippen LogP contribution < -0.4 is 84.1 Å². The largest absolute Gasteiger partial charge is 1.00 e. The molecular weight excluding hydrogens is 460 g/mol. The maximum absolute atomic E-state index is 11.3. The van der Waals surface area contributed by atoms with E-state index in [1.54, 1.807) is 36.4 Å². The number of halogens is 1. The Morgan fingerprint density at radius 2 is 1.75 bits per heavy atom. The molecule has 0 fully saturated rings. The van der Waals surface area contributed by atoms with Crippen molar-refractivity contribution in [3.63, 3.8) is 0 Å². The number of hydrogen-bond acceptors (Lipinski definition) is 8. The van der Waals surface area contributed by atoms with E-state index in [4.69, 9.17) is 21.1 Å². The van der Waals surface area contributed by atoms with Crippen LogP contribution in [0.15, 0.2) is 36.4 Å². The number of benzene rings is 2. The van der Waals surface area contributed by atoms with Crippen LogP contribution in [-0.2, 0) is 22.4 Å². The monoisotopic (exact) mass is 477 g/mol. The summed E-state index contributed by atoms with van der Waals surface area (Å²) in [5.74, 6) is -7.01. The average Bonchev–Trinajstić information content (AvgIpc) is 3.10. The van der Waals surface area contributed by atoms with Crippen molar-refractivity contribution in [2.75, 3.05) is 6.54 Å². The van der Waals surface area contributed by atoms with Crippen LogP contribution in [-0.4, -0.2) is 35.4 Å². The van der Waals surface area contributed by atoms with Crippen LogP contribution in [0.5, 0.6) is 11.5 Å². The summed E-state index contributed by atoms with van der Waals surface area (Å²) in [6.07, 6.45) is 1.33. The minimum Gasteiger partial charge on any atom is -0.542 e. The zero-order valence-corrected chi connectivity index (χ0v) is 22.5. The minimum atomic E-state index is -2.98. The molecule has 1 heterocycles. The van der Waals surface area contributed by atoms with Gasteiger partial charge < -0.3 is 39.7 Å². The Balaban J connectivity index is 0.00000181. The summed E-state index contributed by atoms with van der Waals surface area (Å²) in [7, 11) is 0. The number of carbonyl (C=O) groups excluding carboxylic acids is 2. The maximum Gasteiger partial charge on any atom is 1.00 e. The summed E-state index contributed by atoms with van der Waals surface area (Å²) in [5.41, 5.74) is 2.51. The number of aliphatic hydroxyl groups excluding tert-OH is 1. The van der Waals surface area contributed by atoms with Crippen LogP contribution in [0, 0.1) is 0 Å². The van der Waals surface area contributed by atoms with Crippen molar-refractivity contribution in [2.24, 2.45) is 0 Å². The quantitative estimate of drug-likeness (QED) is 0.310. The third-order valence-electron chi connectivity index (χ3n) is 5.37. The first kappa shape index (κ1) is 27.4. The van der Waals surface area contributed by atoms with Gasteiger partial charge in [0.25, 0.3) is 0 Å². The van der Waals surface area contributed by atoms with Gasteiger partial charge in [0, 0.05) is 17.6 Å². The molecule has 2 aliphatic rings. The molecule has 11 heteroatoms. The Kier molecular flexibility index (Phi) is 9.50. The molecule has 0 unspecified atom stereocenters. The van der Waals surface area contributed by atoms with E-state index < -0.39 is 23.8 Å². The van der Waals surface area contributed by atoms with Gasteiger partial charge in [0.2, 0.25) is 0 Å². The molecule has 0 amide bonds. The molecular formula is C21H18ClNNa2O7. The molecule has 8 nitrogen and oxygen atoms in total. The molecule has 2 aromatic rings. The van der Waals surface area contributed by atoms with Crippen LogP contribution in [0.4, 0.5) is 0 Å². The second-order valence-electron chi connectivity index (χ2n) is 7.38. The standard InChI is InChI=1S/C21H20ClNO7.2Na/c22-14-3-1-2-12(6-14)16(24)10-23-15-5-4-11-8-17-18(9-13(11)7-15)30-21(29-17,19(25)26)20(27)28;;/h1-3,6,8-9,15-16,23-24H,4-5,7,10H2,(H,25,26)(H,27,28);;/q;2*+1/p-2/t15-,16+;;/m1../s1. The molecule has 32 heavy (non-hydrogen) atoms. The number of nitrogens with one attached hydrogen (secondary N) is 1. The van der Waals surface area contributed by atoms with Crippen LogP contribution in [0.3, 0.4) is 0 Å². The summed E-state index contributed by atoms with van der Waals surface area (Å²) in [4.78, 5) is 22.5.